The largest absolute Gasteiger partial charge is 0.256 e. The zero-order valence-electron chi connectivity index (χ0n) is 5.18. The lowest BCUT2D eigenvalue weighted by Gasteiger charge is -2.09. The molecule has 0 aromatic carbocycles. The summed E-state index contributed by atoms with van der Waals surface area (Å²) in [4.78, 5) is 0. The van der Waals surface area contributed by atoms with Gasteiger partial charge in [-0.25, -0.2) is 0 Å². The monoisotopic (exact) mass is 119 g/mol. The van der Waals surface area contributed by atoms with E-state index in [9.17, 15) is 0 Å². The first-order chi connectivity index (χ1) is 3.13. The zero-order valence-corrected chi connectivity index (χ0v) is 6.07. The quantitative estimate of drug-likeness (QED) is 0.538. The molecular weight excluding hydrogens is 106 g/mol. The average Bonchev–Trinajstić information content (AvgIpc) is 1.27. The normalized spacial score (nSPS) is 11.1. The smallest absolute Gasteiger partial charge is 0.0107 e. The predicted molar refractivity (Wildman–Crippen MR) is 36.5 cm³/mol. The van der Waals surface area contributed by atoms with Gasteiger partial charge in [0.05, 0.1) is 0 Å². The Morgan fingerprint density at radius 3 is 2.00 bits per heavy atom. The maximum Gasteiger partial charge on any atom is 0.0107 e. The molecule has 44 valence electrons. The van der Waals surface area contributed by atoms with Gasteiger partial charge in [0.15, 0.2) is 0 Å². The molecule has 0 aliphatic carbocycles. The molecule has 0 aromatic heterocycles. The van der Waals surface area contributed by atoms with Crippen LogP contribution in [-0.2, 0) is 0 Å². The summed E-state index contributed by atoms with van der Waals surface area (Å²) in [5, 5.41) is 0. The Bertz CT molecular complexity index is 37.3. The van der Waals surface area contributed by atoms with Crippen molar-refractivity contribution >= 4 is 12.8 Å². The standard InChI is InChI=1S/C5H13NS/c1-5(2)4-6(3)7/h5,7H,4H2,1-3H3. The highest BCUT2D eigenvalue weighted by Crippen LogP contribution is 1.95. The summed E-state index contributed by atoms with van der Waals surface area (Å²) in [6.07, 6.45) is 0. The molecule has 2 heteroatoms. The lowest BCUT2D eigenvalue weighted by atomic mass is 10.2. The Morgan fingerprint density at radius 2 is 2.00 bits per heavy atom. The minimum absolute atomic E-state index is 0.725. The third-order valence-electron chi connectivity index (χ3n) is 0.629. The van der Waals surface area contributed by atoms with Gasteiger partial charge < -0.3 is 0 Å². The van der Waals surface area contributed by atoms with Crippen LogP contribution >= 0.6 is 12.8 Å². The van der Waals surface area contributed by atoms with Crippen LogP contribution in [0.5, 0.6) is 0 Å². The van der Waals surface area contributed by atoms with Crippen LogP contribution < -0.4 is 0 Å². The Balaban J connectivity index is 2.95. The fraction of sp³-hybridized carbons (Fsp3) is 1.00. The van der Waals surface area contributed by atoms with Gasteiger partial charge in [0.2, 0.25) is 0 Å². The van der Waals surface area contributed by atoms with E-state index < -0.39 is 0 Å². The first-order valence-corrected chi connectivity index (χ1v) is 2.93. The molecule has 0 radical (unpaired) electrons. The van der Waals surface area contributed by atoms with Gasteiger partial charge >= 0.3 is 0 Å². The molecule has 7 heavy (non-hydrogen) atoms. The molecular formula is C5H13NS. The molecule has 0 heterocycles. The van der Waals surface area contributed by atoms with E-state index in [0.29, 0.717) is 0 Å². The van der Waals surface area contributed by atoms with Crippen molar-refractivity contribution in [2.24, 2.45) is 5.92 Å². The number of nitrogens with zero attached hydrogens (tertiary/aromatic N) is 1. The van der Waals surface area contributed by atoms with Crippen molar-refractivity contribution in [1.29, 1.82) is 0 Å². The minimum atomic E-state index is 0.725. The molecule has 0 spiro atoms. The Morgan fingerprint density at radius 1 is 1.57 bits per heavy atom. The predicted octanol–water partition coefficient (Wildman–Crippen LogP) is 1.42. The summed E-state index contributed by atoms with van der Waals surface area (Å²) in [7, 11) is 1.96. The second kappa shape index (κ2) is 3.33. The maximum atomic E-state index is 4.07. The fourth-order valence-electron chi connectivity index (χ4n) is 0.528. The van der Waals surface area contributed by atoms with Gasteiger partial charge in [-0.05, 0) is 13.0 Å². The lowest BCUT2D eigenvalue weighted by Crippen LogP contribution is -2.11. The van der Waals surface area contributed by atoms with Crippen molar-refractivity contribution in [3.8, 4) is 0 Å². The molecule has 0 aliphatic heterocycles. The molecule has 0 atom stereocenters. The number of thiol groups is 1. The van der Waals surface area contributed by atoms with Crippen LogP contribution in [0.15, 0.2) is 0 Å². The van der Waals surface area contributed by atoms with Crippen LogP contribution in [0.4, 0.5) is 0 Å². The Labute approximate surface area is 51.2 Å². The molecule has 0 rings (SSSR count). The van der Waals surface area contributed by atoms with Crippen molar-refractivity contribution in [2.75, 3.05) is 13.6 Å². The van der Waals surface area contributed by atoms with E-state index in [1.807, 2.05) is 11.4 Å². The van der Waals surface area contributed by atoms with Crippen molar-refractivity contribution in [3.63, 3.8) is 0 Å². The Hall–Kier alpha value is 0.310. The van der Waals surface area contributed by atoms with Crippen molar-refractivity contribution in [3.05, 3.63) is 0 Å². The number of hydrogen-bond donors (Lipinski definition) is 1. The van der Waals surface area contributed by atoms with Gasteiger partial charge in [-0.1, -0.05) is 26.7 Å². The molecule has 0 fully saturated rings. The number of rotatable bonds is 2. The highest BCUT2D eigenvalue weighted by molar-refractivity contribution is 7.77. The third kappa shape index (κ3) is 6.31. The van der Waals surface area contributed by atoms with Crippen LogP contribution in [0.1, 0.15) is 13.8 Å². The highest BCUT2D eigenvalue weighted by atomic mass is 32.1. The highest BCUT2D eigenvalue weighted by Gasteiger charge is 1.93. The SMILES string of the molecule is CC(C)CN(C)S. The molecule has 0 bridgehead atoms. The minimum Gasteiger partial charge on any atom is -0.256 e. The van der Waals surface area contributed by atoms with E-state index in [4.69, 9.17) is 0 Å². The molecule has 1 nitrogen and oxygen atoms in total. The van der Waals surface area contributed by atoms with Gasteiger partial charge in [-0.3, -0.25) is 4.31 Å². The maximum absolute atomic E-state index is 4.07. The van der Waals surface area contributed by atoms with E-state index in [1.165, 1.54) is 0 Å². The molecule has 0 aromatic rings. The second-order valence-electron chi connectivity index (χ2n) is 2.23. The first kappa shape index (κ1) is 7.31. The lowest BCUT2D eigenvalue weighted by molar-refractivity contribution is 0.470. The van der Waals surface area contributed by atoms with E-state index >= 15 is 0 Å². The molecule has 0 amide bonds. The van der Waals surface area contributed by atoms with Crippen molar-refractivity contribution < 1.29 is 0 Å². The van der Waals surface area contributed by atoms with Crippen LogP contribution in [0.25, 0.3) is 0 Å². The van der Waals surface area contributed by atoms with Crippen LogP contribution in [-0.4, -0.2) is 17.9 Å². The van der Waals surface area contributed by atoms with E-state index in [2.05, 4.69) is 26.7 Å². The van der Waals surface area contributed by atoms with Gasteiger partial charge in [0.25, 0.3) is 0 Å². The molecule has 0 aliphatic rings. The van der Waals surface area contributed by atoms with E-state index in [1.54, 1.807) is 0 Å². The van der Waals surface area contributed by atoms with Crippen molar-refractivity contribution in [2.45, 2.75) is 13.8 Å². The second-order valence-corrected chi connectivity index (χ2v) is 2.92. The fourth-order valence-corrected chi connectivity index (χ4v) is 0.855. The summed E-state index contributed by atoms with van der Waals surface area (Å²) in [5.74, 6) is 0.725. The molecule has 0 unspecified atom stereocenters. The van der Waals surface area contributed by atoms with Gasteiger partial charge in [-0.2, -0.15) is 0 Å². The topological polar surface area (TPSA) is 3.24 Å². The van der Waals surface area contributed by atoms with Crippen molar-refractivity contribution in [1.82, 2.24) is 4.31 Å². The molecule has 0 saturated carbocycles. The van der Waals surface area contributed by atoms with Gasteiger partial charge in [-0.15, -0.1) is 0 Å². The summed E-state index contributed by atoms with van der Waals surface area (Å²) < 4.78 is 1.89. The average molecular weight is 119 g/mol. The molecule has 0 N–H and O–H groups in total. The number of hydrogen-bond acceptors (Lipinski definition) is 2. The summed E-state index contributed by atoms with van der Waals surface area (Å²) >= 11 is 4.07. The summed E-state index contributed by atoms with van der Waals surface area (Å²) in [6.45, 7) is 5.41. The Kier molecular flexibility index (Phi) is 3.48. The van der Waals surface area contributed by atoms with Crippen LogP contribution in [0.2, 0.25) is 0 Å². The van der Waals surface area contributed by atoms with E-state index in [-0.39, 0.29) is 0 Å². The molecule has 0 saturated heterocycles. The van der Waals surface area contributed by atoms with Crippen LogP contribution in [0.3, 0.4) is 0 Å². The zero-order chi connectivity index (χ0) is 5.86. The van der Waals surface area contributed by atoms with Crippen LogP contribution in [0, 0.1) is 5.92 Å². The third-order valence-corrected chi connectivity index (χ3v) is 0.793. The van der Waals surface area contributed by atoms with E-state index in [0.717, 1.165) is 12.5 Å². The van der Waals surface area contributed by atoms with Gasteiger partial charge in [0.1, 0.15) is 0 Å². The first-order valence-electron chi connectivity index (χ1n) is 2.53. The van der Waals surface area contributed by atoms with Gasteiger partial charge in [0, 0.05) is 6.54 Å². The summed E-state index contributed by atoms with van der Waals surface area (Å²) in [5.41, 5.74) is 0. The summed E-state index contributed by atoms with van der Waals surface area (Å²) in [6, 6.07) is 0.